The second kappa shape index (κ2) is 11.9. The molecule has 1 aromatic heterocycles. The van der Waals surface area contributed by atoms with Crippen LogP contribution in [0, 0.1) is 0 Å². The lowest BCUT2D eigenvalue weighted by Gasteiger charge is -2.24. The lowest BCUT2D eigenvalue weighted by molar-refractivity contribution is -0.137. The molecule has 41 heavy (non-hydrogen) atoms. The predicted octanol–water partition coefficient (Wildman–Crippen LogP) is 5.80. The average Bonchev–Trinajstić information content (AvgIpc) is 3.41. The van der Waals surface area contributed by atoms with Crippen LogP contribution in [-0.4, -0.2) is 46.9 Å². The monoisotopic (exact) mass is 573 g/mol. The van der Waals surface area contributed by atoms with Crippen molar-refractivity contribution < 1.29 is 24.2 Å². The molecule has 210 valence electrons. The molecule has 0 bridgehead atoms. The Balaban J connectivity index is 1.67. The highest BCUT2D eigenvalue weighted by molar-refractivity contribution is 6.30. The van der Waals surface area contributed by atoms with E-state index in [-0.39, 0.29) is 37.1 Å². The van der Waals surface area contributed by atoms with Gasteiger partial charge in [-0.15, -0.1) is 0 Å². The summed E-state index contributed by atoms with van der Waals surface area (Å²) in [5, 5.41) is 16.5. The third-order valence-corrected chi connectivity index (χ3v) is 7.34. The topological polar surface area (TPSA) is 121 Å². The summed E-state index contributed by atoms with van der Waals surface area (Å²) >= 11 is 6.17. The van der Waals surface area contributed by atoms with Crippen molar-refractivity contribution in [3.63, 3.8) is 0 Å². The Bertz CT molecular complexity index is 1710. The zero-order valence-corrected chi connectivity index (χ0v) is 23.3. The van der Waals surface area contributed by atoms with Crippen LogP contribution in [0.15, 0.2) is 76.6 Å². The van der Waals surface area contributed by atoms with Gasteiger partial charge in [0.25, 0.3) is 5.56 Å². The number of amides is 1. The number of nitrogens with zero attached hydrogens (tertiary/aromatic N) is 2. The van der Waals surface area contributed by atoms with Gasteiger partial charge >= 0.3 is 5.97 Å². The van der Waals surface area contributed by atoms with E-state index < -0.39 is 12.0 Å². The van der Waals surface area contributed by atoms with E-state index in [1.165, 1.54) is 12.1 Å². The predicted molar refractivity (Wildman–Crippen MR) is 157 cm³/mol. The number of H-pyrrole nitrogens is 1. The summed E-state index contributed by atoms with van der Waals surface area (Å²) in [5.41, 5.74) is 3.25. The Morgan fingerprint density at radius 3 is 2.49 bits per heavy atom. The number of aromatic amines is 1. The van der Waals surface area contributed by atoms with Gasteiger partial charge in [-0.3, -0.25) is 14.4 Å². The van der Waals surface area contributed by atoms with Crippen LogP contribution in [-0.2, 0) is 9.59 Å². The van der Waals surface area contributed by atoms with Crippen molar-refractivity contribution in [3.05, 3.63) is 93.2 Å². The molecule has 1 amide bonds. The van der Waals surface area contributed by atoms with Gasteiger partial charge in [0.05, 0.1) is 31.5 Å². The molecular weight excluding hydrogens is 546 g/mol. The minimum absolute atomic E-state index is 0.0177. The number of pyridine rings is 1. The van der Waals surface area contributed by atoms with Crippen molar-refractivity contribution in [3.8, 4) is 22.6 Å². The van der Waals surface area contributed by atoms with Crippen LogP contribution in [0.1, 0.15) is 42.9 Å². The average molecular weight is 574 g/mol. The highest BCUT2D eigenvalue weighted by Crippen LogP contribution is 2.41. The van der Waals surface area contributed by atoms with E-state index >= 15 is 0 Å². The first-order valence-corrected chi connectivity index (χ1v) is 13.4. The van der Waals surface area contributed by atoms with Gasteiger partial charge in [-0.05, 0) is 42.3 Å². The first-order chi connectivity index (χ1) is 19.8. The number of hydrogen-bond acceptors (Lipinski definition) is 6. The van der Waals surface area contributed by atoms with Gasteiger partial charge in [0.15, 0.2) is 0 Å². The molecule has 0 spiro atoms. The largest absolute Gasteiger partial charge is 0.497 e. The number of carbonyl (C=O) groups excluding carboxylic acids is 1. The van der Waals surface area contributed by atoms with Crippen molar-refractivity contribution >= 4 is 40.1 Å². The number of carboxylic acids is 1. The van der Waals surface area contributed by atoms with Gasteiger partial charge in [0.2, 0.25) is 5.91 Å². The fourth-order valence-corrected chi connectivity index (χ4v) is 5.29. The van der Waals surface area contributed by atoms with Gasteiger partial charge in [-0.25, -0.2) is 5.01 Å². The molecule has 3 aromatic carbocycles. The van der Waals surface area contributed by atoms with E-state index in [4.69, 9.17) is 31.3 Å². The van der Waals surface area contributed by atoms with Crippen LogP contribution in [0.25, 0.3) is 22.0 Å². The van der Waals surface area contributed by atoms with Crippen molar-refractivity contribution in [2.75, 3.05) is 14.2 Å². The molecule has 0 aliphatic carbocycles. The molecule has 2 heterocycles. The Labute approximate surface area is 241 Å². The molecule has 4 aromatic rings. The van der Waals surface area contributed by atoms with Crippen LogP contribution < -0.4 is 15.0 Å². The van der Waals surface area contributed by atoms with Crippen LogP contribution >= 0.6 is 11.6 Å². The van der Waals surface area contributed by atoms with Gasteiger partial charge in [0, 0.05) is 52.4 Å². The molecule has 0 saturated carbocycles. The molecule has 0 saturated heterocycles. The third-order valence-electron chi connectivity index (χ3n) is 7.09. The second-order valence-electron chi connectivity index (χ2n) is 9.62. The summed E-state index contributed by atoms with van der Waals surface area (Å²) in [6.45, 7) is 0. The van der Waals surface area contributed by atoms with Gasteiger partial charge in [-0.2, -0.15) is 5.10 Å². The maximum absolute atomic E-state index is 13.7. The van der Waals surface area contributed by atoms with Crippen molar-refractivity contribution in [2.45, 2.75) is 31.7 Å². The van der Waals surface area contributed by atoms with Gasteiger partial charge in [-0.1, -0.05) is 41.9 Å². The Morgan fingerprint density at radius 2 is 1.78 bits per heavy atom. The second-order valence-corrected chi connectivity index (χ2v) is 10.1. The van der Waals surface area contributed by atoms with Crippen LogP contribution in [0.3, 0.4) is 0 Å². The zero-order chi connectivity index (χ0) is 29.1. The minimum Gasteiger partial charge on any atom is -0.497 e. The molecule has 10 heteroatoms. The number of aliphatic carboxylic acids is 1. The summed E-state index contributed by atoms with van der Waals surface area (Å²) in [5.74, 6) is -0.249. The van der Waals surface area contributed by atoms with E-state index in [0.29, 0.717) is 44.4 Å². The zero-order valence-electron chi connectivity index (χ0n) is 22.5. The number of carboxylic acid groups (broad SMARTS) is 1. The van der Waals surface area contributed by atoms with Crippen LogP contribution in [0.5, 0.6) is 11.5 Å². The number of nitrogens with one attached hydrogen (secondary N) is 1. The van der Waals surface area contributed by atoms with Gasteiger partial charge in [0.1, 0.15) is 11.5 Å². The first kappa shape index (κ1) is 27.9. The number of carbonyl (C=O) groups is 2. The Morgan fingerprint density at radius 1 is 1.02 bits per heavy atom. The molecular formula is C31H28ClN3O6. The van der Waals surface area contributed by atoms with E-state index in [1.54, 1.807) is 31.4 Å². The lowest BCUT2D eigenvalue weighted by Crippen LogP contribution is -2.27. The lowest BCUT2D eigenvalue weighted by atomic mass is 9.91. The number of hydrazone groups is 1. The number of benzene rings is 3. The fourth-order valence-electron chi connectivity index (χ4n) is 5.17. The number of methoxy groups -OCH3 is 2. The number of halogens is 1. The molecule has 1 atom stereocenters. The standard InChI is InChI=1S/C31H28ClN3O6/c1-40-20-14-15-22(26(16-20)41-2)25-17-24(34-35(25)27(36)8-5-9-28(37)38)30-29(18-10-12-19(32)13-11-18)21-6-3-4-7-23(21)33-31(30)39/h3-4,6-7,10-16,25H,5,8-9,17H2,1-2H3,(H,33,39)(H,37,38). The highest BCUT2D eigenvalue weighted by Gasteiger charge is 2.36. The smallest absolute Gasteiger partial charge is 0.303 e. The van der Waals surface area contributed by atoms with E-state index in [9.17, 15) is 14.4 Å². The van der Waals surface area contributed by atoms with Crippen molar-refractivity contribution in [1.29, 1.82) is 0 Å². The Kier molecular flexibility index (Phi) is 8.07. The minimum atomic E-state index is -0.980. The quantitative estimate of drug-likeness (QED) is 0.261. The number of rotatable bonds is 9. The molecule has 2 N–H and O–H groups in total. The molecule has 9 nitrogen and oxygen atoms in total. The van der Waals surface area contributed by atoms with Crippen LogP contribution in [0.2, 0.25) is 5.02 Å². The number of hydrogen-bond donors (Lipinski definition) is 2. The SMILES string of the molecule is COc1ccc(C2CC(c3c(-c4ccc(Cl)cc4)c4ccccc4[nH]c3=O)=NN2C(=O)CCCC(=O)O)c(OC)c1. The fraction of sp³-hybridized carbons (Fsp3) is 0.226. The van der Waals surface area contributed by atoms with E-state index in [1.807, 2.05) is 42.5 Å². The third kappa shape index (κ3) is 5.67. The van der Waals surface area contributed by atoms with Crippen molar-refractivity contribution in [2.24, 2.45) is 5.10 Å². The van der Waals surface area contributed by atoms with E-state index in [2.05, 4.69) is 4.98 Å². The molecule has 5 rings (SSSR count). The Hall–Kier alpha value is -4.63. The van der Waals surface area contributed by atoms with E-state index in [0.717, 1.165) is 10.9 Å². The highest BCUT2D eigenvalue weighted by atomic mass is 35.5. The van der Waals surface area contributed by atoms with Gasteiger partial charge < -0.3 is 19.6 Å². The van der Waals surface area contributed by atoms with Crippen molar-refractivity contribution in [1.82, 2.24) is 9.99 Å². The summed E-state index contributed by atoms with van der Waals surface area (Å²) in [7, 11) is 3.08. The summed E-state index contributed by atoms with van der Waals surface area (Å²) in [6, 6.07) is 19.4. The number of fused-ring (bicyclic) bond motifs is 1. The number of para-hydroxylation sites is 1. The number of aromatic nitrogens is 1. The number of ether oxygens (including phenoxy) is 2. The summed E-state index contributed by atoms with van der Waals surface area (Å²) in [6.07, 6.45) is 0.234. The normalized spacial score (nSPS) is 14.7. The molecule has 1 unspecified atom stereocenters. The summed E-state index contributed by atoms with van der Waals surface area (Å²) in [4.78, 5) is 41.2. The molecule has 0 fully saturated rings. The molecule has 1 aliphatic heterocycles. The molecule has 0 radical (unpaired) electrons. The first-order valence-electron chi connectivity index (χ1n) is 13.0. The maximum atomic E-state index is 13.7. The molecule has 1 aliphatic rings. The summed E-state index contributed by atoms with van der Waals surface area (Å²) < 4.78 is 11.0. The van der Waals surface area contributed by atoms with Crippen LogP contribution in [0.4, 0.5) is 0 Å². The maximum Gasteiger partial charge on any atom is 0.303 e.